The highest BCUT2D eigenvalue weighted by Gasteiger charge is 2.24. The summed E-state index contributed by atoms with van der Waals surface area (Å²) in [4.78, 5) is 32.4. The van der Waals surface area contributed by atoms with Gasteiger partial charge < -0.3 is 15.1 Å². The number of piperazine rings is 1. The molecule has 0 saturated carbocycles. The van der Waals surface area contributed by atoms with E-state index in [1.54, 1.807) is 9.80 Å². The van der Waals surface area contributed by atoms with E-state index in [0.717, 1.165) is 16.3 Å². The van der Waals surface area contributed by atoms with Crippen molar-refractivity contribution in [1.82, 2.24) is 20.1 Å². The molecule has 3 rings (SSSR count). The van der Waals surface area contributed by atoms with E-state index in [0.29, 0.717) is 37.7 Å². The van der Waals surface area contributed by atoms with Gasteiger partial charge in [0.25, 0.3) is 0 Å². The minimum atomic E-state index is -0.0662. The van der Waals surface area contributed by atoms with E-state index in [4.69, 9.17) is 11.6 Å². The highest BCUT2D eigenvalue weighted by Crippen LogP contribution is 2.30. The Balaban J connectivity index is 1.56. The van der Waals surface area contributed by atoms with Crippen molar-refractivity contribution in [2.75, 3.05) is 32.7 Å². The van der Waals surface area contributed by atoms with Gasteiger partial charge in [-0.25, -0.2) is 9.78 Å². The zero-order valence-corrected chi connectivity index (χ0v) is 16.1. The minimum absolute atomic E-state index is 0.0385. The van der Waals surface area contributed by atoms with Gasteiger partial charge in [0.1, 0.15) is 5.01 Å². The smallest absolute Gasteiger partial charge is 0.317 e. The van der Waals surface area contributed by atoms with Crippen LogP contribution >= 0.6 is 22.9 Å². The molecule has 26 heavy (non-hydrogen) atoms. The number of nitrogens with one attached hydrogen (secondary N) is 1. The van der Waals surface area contributed by atoms with Crippen LogP contribution in [0.1, 0.15) is 12.6 Å². The first-order valence-electron chi connectivity index (χ1n) is 8.58. The largest absolute Gasteiger partial charge is 0.339 e. The van der Waals surface area contributed by atoms with Crippen LogP contribution in [0.5, 0.6) is 0 Å². The summed E-state index contributed by atoms with van der Waals surface area (Å²) in [6, 6.07) is 7.49. The van der Waals surface area contributed by atoms with Crippen molar-refractivity contribution in [3.05, 3.63) is 40.4 Å². The van der Waals surface area contributed by atoms with Crippen LogP contribution in [0, 0.1) is 0 Å². The lowest BCUT2D eigenvalue weighted by Gasteiger charge is -2.34. The number of nitrogens with zero attached hydrogens (tertiary/aromatic N) is 3. The first-order chi connectivity index (χ1) is 12.6. The number of halogens is 1. The summed E-state index contributed by atoms with van der Waals surface area (Å²) >= 11 is 7.70. The Morgan fingerprint density at radius 2 is 1.88 bits per heavy atom. The van der Waals surface area contributed by atoms with Gasteiger partial charge in [0.05, 0.1) is 17.1 Å². The molecular weight excluding hydrogens is 372 g/mol. The third kappa shape index (κ3) is 4.34. The van der Waals surface area contributed by atoms with Crippen molar-refractivity contribution in [2.45, 2.75) is 13.3 Å². The van der Waals surface area contributed by atoms with E-state index in [9.17, 15) is 9.59 Å². The molecule has 2 aromatic rings. The monoisotopic (exact) mass is 392 g/mol. The van der Waals surface area contributed by atoms with Crippen molar-refractivity contribution >= 4 is 34.9 Å². The van der Waals surface area contributed by atoms with Crippen LogP contribution < -0.4 is 5.32 Å². The number of thiazole rings is 1. The average molecular weight is 393 g/mol. The normalized spacial score (nSPS) is 14.4. The van der Waals surface area contributed by atoms with Crippen LogP contribution in [0.3, 0.4) is 0 Å². The summed E-state index contributed by atoms with van der Waals surface area (Å²) in [6.07, 6.45) is 0.266. The number of rotatable bonds is 4. The molecule has 0 radical (unpaired) electrons. The molecule has 0 aliphatic carbocycles. The Morgan fingerprint density at radius 1 is 1.19 bits per heavy atom. The molecule has 1 aliphatic rings. The van der Waals surface area contributed by atoms with E-state index >= 15 is 0 Å². The summed E-state index contributed by atoms with van der Waals surface area (Å²) in [5.74, 6) is 0.0385. The molecule has 1 saturated heterocycles. The van der Waals surface area contributed by atoms with Gasteiger partial charge in [-0.15, -0.1) is 11.3 Å². The molecule has 0 unspecified atom stereocenters. The number of carbonyl (C=O) groups excluding carboxylic acids is 2. The first kappa shape index (κ1) is 18.7. The van der Waals surface area contributed by atoms with Gasteiger partial charge in [0.15, 0.2) is 0 Å². The fourth-order valence-electron chi connectivity index (χ4n) is 2.84. The highest BCUT2D eigenvalue weighted by atomic mass is 35.5. The van der Waals surface area contributed by atoms with Crippen LogP contribution in [0.15, 0.2) is 29.6 Å². The maximum Gasteiger partial charge on any atom is 0.317 e. The number of hydrogen-bond donors (Lipinski definition) is 1. The van der Waals surface area contributed by atoms with Crippen LogP contribution in [0.2, 0.25) is 5.02 Å². The number of urea groups is 1. The van der Waals surface area contributed by atoms with Gasteiger partial charge in [-0.2, -0.15) is 0 Å². The molecule has 6 nitrogen and oxygen atoms in total. The van der Waals surface area contributed by atoms with Crippen molar-refractivity contribution in [1.29, 1.82) is 0 Å². The lowest BCUT2D eigenvalue weighted by Crippen LogP contribution is -2.53. The Hall–Kier alpha value is -2.12. The molecule has 8 heteroatoms. The van der Waals surface area contributed by atoms with Crippen molar-refractivity contribution in [3.63, 3.8) is 0 Å². The lowest BCUT2D eigenvalue weighted by molar-refractivity contribution is -0.131. The van der Waals surface area contributed by atoms with E-state index in [1.165, 1.54) is 11.3 Å². The molecule has 1 N–H and O–H groups in total. The zero-order chi connectivity index (χ0) is 18.5. The molecule has 1 aliphatic heterocycles. The van der Waals surface area contributed by atoms with Crippen molar-refractivity contribution in [2.24, 2.45) is 0 Å². The summed E-state index contributed by atoms with van der Waals surface area (Å²) < 4.78 is 0. The lowest BCUT2D eigenvalue weighted by atomic mass is 10.2. The Labute approximate surface area is 161 Å². The molecule has 3 amide bonds. The van der Waals surface area contributed by atoms with Crippen LogP contribution in [-0.4, -0.2) is 59.4 Å². The molecule has 1 aromatic carbocycles. The van der Waals surface area contributed by atoms with E-state index in [1.807, 2.05) is 36.6 Å². The number of carbonyl (C=O) groups is 2. The van der Waals surface area contributed by atoms with Crippen LogP contribution in [0.25, 0.3) is 10.6 Å². The summed E-state index contributed by atoms with van der Waals surface area (Å²) in [7, 11) is 0. The van der Waals surface area contributed by atoms with E-state index in [-0.39, 0.29) is 18.4 Å². The molecular formula is C18H21ClN4O2S. The SMILES string of the molecule is CCNC(=O)N1CCN(C(=O)Cc2csc(-c3ccccc3Cl)n2)CC1. The molecule has 1 fully saturated rings. The molecule has 0 atom stereocenters. The maximum absolute atomic E-state index is 12.5. The molecule has 138 valence electrons. The fraction of sp³-hybridized carbons (Fsp3) is 0.389. The van der Waals surface area contributed by atoms with Gasteiger partial charge in [-0.3, -0.25) is 4.79 Å². The fourth-order valence-corrected chi connectivity index (χ4v) is 3.98. The number of benzene rings is 1. The van der Waals surface area contributed by atoms with Crippen molar-refractivity contribution in [3.8, 4) is 10.6 Å². The van der Waals surface area contributed by atoms with Crippen LogP contribution in [-0.2, 0) is 11.2 Å². The number of amides is 3. The van der Waals surface area contributed by atoms with Gasteiger partial charge in [0.2, 0.25) is 5.91 Å². The third-order valence-corrected chi connectivity index (χ3v) is 5.49. The Bertz CT molecular complexity index is 787. The molecule has 2 heterocycles. The van der Waals surface area contributed by atoms with Gasteiger partial charge in [-0.1, -0.05) is 29.8 Å². The van der Waals surface area contributed by atoms with E-state index in [2.05, 4.69) is 10.3 Å². The van der Waals surface area contributed by atoms with Crippen LogP contribution in [0.4, 0.5) is 4.79 Å². The van der Waals surface area contributed by atoms with E-state index < -0.39 is 0 Å². The summed E-state index contributed by atoms with van der Waals surface area (Å²) in [6.45, 7) is 4.71. The molecule has 1 aromatic heterocycles. The van der Waals surface area contributed by atoms with Gasteiger partial charge in [-0.05, 0) is 13.0 Å². The summed E-state index contributed by atoms with van der Waals surface area (Å²) in [5, 5.41) is 6.16. The Kier molecular flexibility index (Phi) is 6.11. The number of aromatic nitrogens is 1. The maximum atomic E-state index is 12.5. The molecule has 0 bridgehead atoms. The van der Waals surface area contributed by atoms with Gasteiger partial charge in [0, 0.05) is 43.7 Å². The average Bonchev–Trinajstić information content (AvgIpc) is 3.10. The second-order valence-corrected chi connectivity index (χ2v) is 7.27. The second kappa shape index (κ2) is 8.51. The predicted octanol–water partition coefficient (Wildman–Crippen LogP) is 2.88. The zero-order valence-electron chi connectivity index (χ0n) is 14.6. The summed E-state index contributed by atoms with van der Waals surface area (Å²) in [5.41, 5.74) is 1.63. The van der Waals surface area contributed by atoms with Gasteiger partial charge >= 0.3 is 6.03 Å². The second-order valence-electron chi connectivity index (χ2n) is 6.00. The Morgan fingerprint density at radius 3 is 2.58 bits per heavy atom. The predicted molar refractivity (Wildman–Crippen MR) is 103 cm³/mol. The first-order valence-corrected chi connectivity index (χ1v) is 9.84. The third-order valence-electron chi connectivity index (χ3n) is 4.24. The molecule has 0 spiro atoms. The minimum Gasteiger partial charge on any atom is -0.339 e. The number of hydrogen-bond acceptors (Lipinski definition) is 4. The highest BCUT2D eigenvalue weighted by molar-refractivity contribution is 7.13. The topological polar surface area (TPSA) is 65.5 Å². The standard InChI is InChI=1S/C18H21ClN4O2S/c1-2-20-18(25)23-9-7-22(8-10-23)16(24)11-13-12-26-17(21-13)14-5-3-4-6-15(14)19/h3-6,12H,2,7-11H2,1H3,(H,20,25). The quantitative estimate of drug-likeness (QED) is 0.870. The van der Waals surface area contributed by atoms with Crippen molar-refractivity contribution < 1.29 is 9.59 Å².